The van der Waals surface area contributed by atoms with Crippen molar-refractivity contribution >= 4 is 16.1 Å². The molecule has 144 valence electrons. The topological polar surface area (TPSA) is 82.2 Å². The Bertz CT molecular complexity index is 544. The Hall–Kier alpha value is -0.740. The first kappa shape index (κ1) is 19.0. The average Bonchev–Trinajstić information content (AvgIpc) is 3.16. The third-order valence-corrected chi connectivity index (χ3v) is 7.31. The van der Waals surface area contributed by atoms with Crippen molar-refractivity contribution in [2.75, 3.05) is 65.6 Å². The highest BCUT2D eigenvalue weighted by atomic mass is 32.2. The number of nitrogens with one attached hydrogen (secondary N) is 1. The summed E-state index contributed by atoms with van der Waals surface area (Å²) in [6.45, 7) is 6.21. The molecule has 3 aliphatic rings. The fourth-order valence-electron chi connectivity index (χ4n) is 3.79. The molecule has 0 aromatic heterocycles. The monoisotopic (exact) mass is 374 g/mol. The third-order valence-electron chi connectivity index (χ3n) is 5.30. The van der Waals surface area contributed by atoms with Gasteiger partial charge in [0, 0.05) is 39.3 Å². The maximum absolute atomic E-state index is 12.8. The highest BCUT2D eigenvalue weighted by Gasteiger charge is 2.36. The molecule has 0 bridgehead atoms. The summed E-state index contributed by atoms with van der Waals surface area (Å²) in [7, 11) is -3.49. The van der Waals surface area contributed by atoms with E-state index in [0.29, 0.717) is 39.4 Å². The predicted octanol–water partition coefficient (Wildman–Crippen LogP) is -0.513. The van der Waals surface area contributed by atoms with Gasteiger partial charge in [0.2, 0.25) is 5.91 Å². The smallest absolute Gasteiger partial charge is 0.282 e. The number of piperidine rings is 1. The lowest BCUT2D eigenvalue weighted by atomic mass is 9.99. The van der Waals surface area contributed by atoms with Crippen LogP contribution >= 0.6 is 0 Å². The van der Waals surface area contributed by atoms with Crippen LogP contribution in [0.2, 0.25) is 0 Å². The van der Waals surface area contributed by atoms with Crippen molar-refractivity contribution in [3.05, 3.63) is 0 Å². The molecule has 1 atom stereocenters. The van der Waals surface area contributed by atoms with E-state index in [4.69, 9.17) is 4.74 Å². The van der Waals surface area contributed by atoms with Crippen molar-refractivity contribution in [1.82, 2.24) is 18.8 Å². The lowest BCUT2D eigenvalue weighted by Crippen LogP contribution is -2.53. The van der Waals surface area contributed by atoms with Crippen LogP contribution in [-0.2, 0) is 19.7 Å². The number of rotatable bonds is 6. The van der Waals surface area contributed by atoms with Crippen molar-refractivity contribution < 1.29 is 17.9 Å². The molecule has 3 fully saturated rings. The Morgan fingerprint density at radius 2 is 1.72 bits per heavy atom. The summed E-state index contributed by atoms with van der Waals surface area (Å²) in [6.07, 6.45) is 3.97. The molecule has 0 aromatic rings. The second kappa shape index (κ2) is 8.77. The van der Waals surface area contributed by atoms with Gasteiger partial charge < -0.3 is 15.0 Å². The SMILES string of the molecule is O=C(NCCN1CCCC1)C1CCCN(S(=O)(=O)N2CCOCC2)C1. The van der Waals surface area contributed by atoms with E-state index in [1.54, 1.807) is 0 Å². The zero-order valence-electron chi connectivity index (χ0n) is 14.9. The predicted molar refractivity (Wildman–Crippen MR) is 94.3 cm³/mol. The van der Waals surface area contributed by atoms with E-state index >= 15 is 0 Å². The highest BCUT2D eigenvalue weighted by molar-refractivity contribution is 7.86. The fourth-order valence-corrected chi connectivity index (χ4v) is 5.46. The van der Waals surface area contributed by atoms with Crippen LogP contribution < -0.4 is 5.32 Å². The van der Waals surface area contributed by atoms with Crippen LogP contribution in [-0.4, -0.2) is 93.4 Å². The quantitative estimate of drug-likeness (QED) is 0.677. The molecular weight excluding hydrogens is 344 g/mol. The van der Waals surface area contributed by atoms with Crippen molar-refractivity contribution in [3.63, 3.8) is 0 Å². The number of amides is 1. The van der Waals surface area contributed by atoms with Crippen LogP contribution in [0, 0.1) is 5.92 Å². The number of carbonyl (C=O) groups excluding carboxylic acids is 1. The van der Waals surface area contributed by atoms with Crippen LogP contribution in [0.1, 0.15) is 25.7 Å². The summed E-state index contributed by atoms with van der Waals surface area (Å²) in [5.74, 6) is -0.260. The lowest BCUT2D eigenvalue weighted by Gasteiger charge is -2.36. The molecule has 25 heavy (non-hydrogen) atoms. The molecule has 3 saturated heterocycles. The molecule has 1 amide bonds. The van der Waals surface area contributed by atoms with E-state index in [9.17, 15) is 13.2 Å². The maximum Gasteiger partial charge on any atom is 0.282 e. The molecule has 0 aromatic carbocycles. The zero-order valence-corrected chi connectivity index (χ0v) is 15.7. The van der Waals surface area contributed by atoms with E-state index in [1.807, 2.05) is 0 Å². The number of nitrogens with zero attached hydrogens (tertiary/aromatic N) is 3. The first-order chi connectivity index (χ1) is 12.1. The molecule has 3 heterocycles. The Balaban J connectivity index is 1.48. The number of morpholine rings is 1. The van der Waals surface area contributed by atoms with Crippen LogP contribution in [0.4, 0.5) is 0 Å². The van der Waals surface area contributed by atoms with Crippen LogP contribution in [0.5, 0.6) is 0 Å². The van der Waals surface area contributed by atoms with Gasteiger partial charge in [-0.25, -0.2) is 0 Å². The van der Waals surface area contributed by atoms with E-state index in [0.717, 1.165) is 32.5 Å². The highest BCUT2D eigenvalue weighted by Crippen LogP contribution is 2.22. The molecule has 0 saturated carbocycles. The normalized spacial score (nSPS) is 27.4. The van der Waals surface area contributed by atoms with Gasteiger partial charge in [-0.1, -0.05) is 0 Å². The van der Waals surface area contributed by atoms with Gasteiger partial charge in [-0.3, -0.25) is 4.79 Å². The first-order valence-corrected chi connectivity index (χ1v) is 10.8. The van der Waals surface area contributed by atoms with Crippen LogP contribution in [0.3, 0.4) is 0 Å². The summed E-state index contributed by atoms with van der Waals surface area (Å²) < 4.78 is 33.7. The molecule has 0 aliphatic carbocycles. The van der Waals surface area contributed by atoms with Crippen LogP contribution in [0.25, 0.3) is 0 Å². The molecule has 3 rings (SSSR count). The Kier molecular flexibility index (Phi) is 6.67. The van der Waals surface area contributed by atoms with E-state index in [-0.39, 0.29) is 18.4 Å². The second-order valence-electron chi connectivity index (χ2n) is 7.06. The third kappa shape index (κ3) is 4.91. The van der Waals surface area contributed by atoms with Gasteiger partial charge in [0.15, 0.2) is 0 Å². The maximum atomic E-state index is 12.8. The van der Waals surface area contributed by atoms with E-state index in [2.05, 4.69) is 10.2 Å². The summed E-state index contributed by atoms with van der Waals surface area (Å²) >= 11 is 0. The standard InChI is InChI=1S/C16H30N4O4S/c21-16(17-5-9-18-6-1-2-7-18)15-4-3-8-20(14-15)25(22,23)19-10-12-24-13-11-19/h15H,1-14H2,(H,17,21). The minimum Gasteiger partial charge on any atom is -0.379 e. The molecule has 9 heteroatoms. The van der Waals surface area contributed by atoms with Gasteiger partial charge in [0.25, 0.3) is 10.2 Å². The largest absolute Gasteiger partial charge is 0.379 e. The Morgan fingerprint density at radius 3 is 2.44 bits per heavy atom. The average molecular weight is 375 g/mol. The van der Waals surface area contributed by atoms with E-state index < -0.39 is 10.2 Å². The van der Waals surface area contributed by atoms with Crippen LogP contribution in [0.15, 0.2) is 0 Å². The molecule has 3 aliphatic heterocycles. The van der Waals surface area contributed by atoms with Gasteiger partial charge in [-0.15, -0.1) is 0 Å². The Labute approximate surface area is 150 Å². The van der Waals surface area contributed by atoms with Crippen molar-refractivity contribution in [3.8, 4) is 0 Å². The van der Waals surface area contributed by atoms with Gasteiger partial charge in [0.1, 0.15) is 0 Å². The van der Waals surface area contributed by atoms with Crippen molar-refractivity contribution in [2.45, 2.75) is 25.7 Å². The van der Waals surface area contributed by atoms with Gasteiger partial charge in [0.05, 0.1) is 19.1 Å². The molecule has 0 radical (unpaired) electrons. The zero-order chi connectivity index (χ0) is 17.7. The van der Waals surface area contributed by atoms with E-state index in [1.165, 1.54) is 21.5 Å². The molecule has 0 spiro atoms. The first-order valence-electron chi connectivity index (χ1n) is 9.40. The number of carbonyl (C=O) groups is 1. The summed E-state index contributed by atoms with van der Waals surface area (Å²) in [4.78, 5) is 14.8. The van der Waals surface area contributed by atoms with Gasteiger partial charge >= 0.3 is 0 Å². The number of ether oxygens (including phenoxy) is 1. The molecule has 1 N–H and O–H groups in total. The summed E-state index contributed by atoms with van der Waals surface area (Å²) in [5, 5.41) is 3.00. The summed E-state index contributed by atoms with van der Waals surface area (Å²) in [6, 6.07) is 0. The molecule has 8 nitrogen and oxygen atoms in total. The Morgan fingerprint density at radius 1 is 1.00 bits per heavy atom. The minimum absolute atomic E-state index is 0.0129. The van der Waals surface area contributed by atoms with Crippen molar-refractivity contribution in [2.24, 2.45) is 5.92 Å². The minimum atomic E-state index is -3.49. The molecule has 1 unspecified atom stereocenters. The van der Waals surface area contributed by atoms with Gasteiger partial charge in [-0.05, 0) is 38.8 Å². The number of hydrogen-bond acceptors (Lipinski definition) is 5. The second-order valence-corrected chi connectivity index (χ2v) is 8.98. The van der Waals surface area contributed by atoms with Gasteiger partial charge in [-0.2, -0.15) is 17.0 Å². The fraction of sp³-hybridized carbons (Fsp3) is 0.938. The summed E-state index contributed by atoms with van der Waals surface area (Å²) in [5.41, 5.74) is 0. The van der Waals surface area contributed by atoms with Crippen molar-refractivity contribution in [1.29, 1.82) is 0 Å². The molecular formula is C16H30N4O4S. The number of hydrogen-bond donors (Lipinski definition) is 1. The number of likely N-dealkylation sites (tertiary alicyclic amines) is 1. The lowest BCUT2D eigenvalue weighted by molar-refractivity contribution is -0.126.